The molecule has 6 nitrogen and oxygen atoms in total. The Labute approximate surface area is 59.2 Å². The molecule has 0 aromatic carbocycles. The van der Waals surface area contributed by atoms with Crippen molar-refractivity contribution in [2.45, 2.75) is 0 Å². The first-order valence-corrected chi connectivity index (χ1v) is 0. The van der Waals surface area contributed by atoms with Crippen LogP contribution in [0, 0.1) is 0 Å². The van der Waals surface area contributed by atoms with Gasteiger partial charge in [-0.1, -0.05) is 0 Å². The molecule has 0 rings (SSSR count). The third kappa shape index (κ3) is 358. The molecule has 0 atom stereocenters. The summed E-state index contributed by atoms with van der Waals surface area (Å²) in [5.41, 5.74) is 0. The molecule has 7 heavy (non-hydrogen) atoms. The Morgan fingerprint density at radius 1 is 0.286 bits per heavy atom. The quantitative estimate of drug-likeness (QED) is 0.322. The molecule has 12 N–H and O–H groups in total. The molecule has 0 heterocycles. The number of rotatable bonds is 0. The molecule has 0 aromatic heterocycles. The second-order valence-electron chi connectivity index (χ2n) is 0. The molecular weight excluding hydrogens is 141 g/mol. The van der Waals surface area contributed by atoms with E-state index in [0.29, 0.717) is 0 Å². The summed E-state index contributed by atoms with van der Waals surface area (Å²) in [6.07, 6.45) is 0. The second-order valence-corrected chi connectivity index (χ2v) is 0. The molecule has 0 bridgehead atoms. The van der Waals surface area contributed by atoms with E-state index in [4.69, 9.17) is 0 Å². The van der Waals surface area contributed by atoms with Crippen LogP contribution in [-0.2, 0) is 25.8 Å². The van der Waals surface area contributed by atoms with Gasteiger partial charge < -0.3 is 32.9 Å². The van der Waals surface area contributed by atoms with Crippen molar-refractivity contribution in [2.24, 2.45) is 0 Å². The maximum absolute atomic E-state index is 0. The molecule has 0 aliphatic carbocycles. The summed E-state index contributed by atoms with van der Waals surface area (Å²) in [6.45, 7) is 0. The maximum atomic E-state index is 0. The van der Waals surface area contributed by atoms with Crippen LogP contribution in [0.1, 0.15) is 0 Å². The van der Waals surface area contributed by atoms with Gasteiger partial charge in [-0.3, -0.25) is 0 Å². The van der Waals surface area contributed by atoms with E-state index >= 15 is 0 Å². The first kappa shape index (κ1) is 845. The summed E-state index contributed by atoms with van der Waals surface area (Å²) in [6, 6.07) is 0. The Hall–Kier alpha value is 0.630. The summed E-state index contributed by atoms with van der Waals surface area (Å²) in [4.78, 5) is 0. The van der Waals surface area contributed by atoms with E-state index in [9.17, 15) is 0 Å². The van der Waals surface area contributed by atoms with Crippen LogP contribution in [0.4, 0.5) is 0 Å². The van der Waals surface area contributed by atoms with E-state index < -0.39 is 0 Å². The molecular formula is H12O6Sc. The summed E-state index contributed by atoms with van der Waals surface area (Å²) in [5.74, 6) is 0. The van der Waals surface area contributed by atoms with Crippen LogP contribution in [0.15, 0.2) is 0 Å². The van der Waals surface area contributed by atoms with Crippen LogP contribution in [0.25, 0.3) is 0 Å². The predicted molar refractivity (Wildman–Crippen MR) is 21.7 cm³/mol. The summed E-state index contributed by atoms with van der Waals surface area (Å²) >= 11 is 0. The van der Waals surface area contributed by atoms with E-state index in [-0.39, 0.29) is 58.7 Å². The molecule has 0 amide bonds. The molecule has 0 aliphatic heterocycles. The van der Waals surface area contributed by atoms with E-state index in [1.165, 1.54) is 0 Å². The largest absolute Gasteiger partial charge is 0.412 e. The van der Waals surface area contributed by atoms with Gasteiger partial charge in [0.25, 0.3) is 0 Å². The molecule has 0 aromatic rings. The van der Waals surface area contributed by atoms with Crippen LogP contribution >= 0.6 is 0 Å². The van der Waals surface area contributed by atoms with Crippen LogP contribution in [0.5, 0.6) is 0 Å². The predicted octanol–water partition coefficient (Wildman–Crippen LogP) is -4.95. The van der Waals surface area contributed by atoms with E-state index in [2.05, 4.69) is 0 Å². The Morgan fingerprint density at radius 2 is 0.286 bits per heavy atom. The van der Waals surface area contributed by atoms with Gasteiger partial charge in [-0.15, -0.1) is 0 Å². The van der Waals surface area contributed by atoms with Crippen LogP contribution in [0.3, 0.4) is 0 Å². The van der Waals surface area contributed by atoms with Gasteiger partial charge in [-0.2, -0.15) is 0 Å². The average Bonchev–Trinajstić information content (AvgIpc) is 0. The van der Waals surface area contributed by atoms with Crippen molar-refractivity contribution >= 4 is 0 Å². The van der Waals surface area contributed by atoms with Crippen molar-refractivity contribution in [3.63, 3.8) is 0 Å². The molecule has 0 unspecified atom stereocenters. The fourth-order valence-corrected chi connectivity index (χ4v) is 0. The normalized spacial score (nSPS) is 0. The molecule has 0 aliphatic rings. The van der Waals surface area contributed by atoms with Gasteiger partial charge in [0.2, 0.25) is 0 Å². The van der Waals surface area contributed by atoms with Crippen molar-refractivity contribution in [2.75, 3.05) is 0 Å². The third-order valence-corrected chi connectivity index (χ3v) is 0. The average molecular weight is 153 g/mol. The molecule has 1 radical (unpaired) electrons. The Kier molecular flexibility index (Phi) is 63900. The minimum absolute atomic E-state index is 0. The number of hydrogen-bond donors (Lipinski definition) is 0. The third-order valence-electron chi connectivity index (χ3n) is 0. The standard InChI is InChI=1S/6H2O.Sc/h6*1H2;. The molecule has 51 valence electrons. The van der Waals surface area contributed by atoms with Gasteiger partial charge in [0, 0.05) is 25.8 Å². The van der Waals surface area contributed by atoms with Gasteiger partial charge in [-0.05, 0) is 0 Å². The molecule has 0 spiro atoms. The van der Waals surface area contributed by atoms with Crippen molar-refractivity contribution in [3.05, 3.63) is 0 Å². The zero-order valence-corrected chi connectivity index (χ0v) is 5.38. The molecule has 0 saturated carbocycles. The van der Waals surface area contributed by atoms with Crippen molar-refractivity contribution in [1.82, 2.24) is 0 Å². The molecule has 0 saturated heterocycles. The molecule has 0 fully saturated rings. The van der Waals surface area contributed by atoms with Crippen molar-refractivity contribution < 1.29 is 58.7 Å². The number of hydrogen-bond acceptors (Lipinski definition) is 0. The fraction of sp³-hybridized carbons (Fsp3) is 0. The SMILES string of the molecule is O.O.O.O.O.O.[Sc]. The zero-order valence-electron chi connectivity index (χ0n) is 3.58. The van der Waals surface area contributed by atoms with Crippen molar-refractivity contribution in [3.8, 4) is 0 Å². The minimum Gasteiger partial charge on any atom is -0.412 e. The van der Waals surface area contributed by atoms with E-state index in [1.807, 2.05) is 0 Å². The minimum atomic E-state index is 0. The topological polar surface area (TPSA) is 189 Å². The summed E-state index contributed by atoms with van der Waals surface area (Å²) in [5, 5.41) is 0. The summed E-state index contributed by atoms with van der Waals surface area (Å²) < 4.78 is 0. The first-order chi connectivity index (χ1) is 0. The Bertz CT molecular complexity index is 4.14. The van der Waals surface area contributed by atoms with Gasteiger partial charge in [0.05, 0.1) is 0 Å². The van der Waals surface area contributed by atoms with E-state index in [0.717, 1.165) is 0 Å². The molecule has 7 heteroatoms. The van der Waals surface area contributed by atoms with Crippen LogP contribution < -0.4 is 0 Å². The van der Waals surface area contributed by atoms with Gasteiger partial charge in [0.15, 0.2) is 0 Å². The monoisotopic (exact) mass is 153 g/mol. The van der Waals surface area contributed by atoms with Crippen LogP contribution in [0.2, 0.25) is 0 Å². The zero-order chi connectivity index (χ0) is 0. The second kappa shape index (κ2) is 529. The fourth-order valence-electron chi connectivity index (χ4n) is 0. The van der Waals surface area contributed by atoms with Gasteiger partial charge in [-0.25, -0.2) is 0 Å². The summed E-state index contributed by atoms with van der Waals surface area (Å²) in [7, 11) is 0. The first-order valence-electron chi connectivity index (χ1n) is 0. The Morgan fingerprint density at radius 3 is 0.286 bits per heavy atom. The Balaban J connectivity index is 0. The maximum Gasteiger partial charge on any atom is 0 e. The smallest absolute Gasteiger partial charge is 0 e. The van der Waals surface area contributed by atoms with E-state index in [1.54, 1.807) is 0 Å². The van der Waals surface area contributed by atoms with Crippen LogP contribution in [-0.4, -0.2) is 32.9 Å². The van der Waals surface area contributed by atoms with Gasteiger partial charge in [0.1, 0.15) is 0 Å². The van der Waals surface area contributed by atoms with Crippen molar-refractivity contribution in [1.29, 1.82) is 0 Å². The van der Waals surface area contributed by atoms with Gasteiger partial charge >= 0.3 is 0 Å².